The number of rotatable bonds is 4. The average molecular weight is 350 g/mol. The largest absolute Gasteiger partial charge is 0.486 e. The molecule has 26 heavy (non-hydrogen) atoms. The van der Waals surface area contributed by atoms with E-state index in [0.29, 0.717) is 19.6 Å². The molecule has 1 atom stereocenters. The zero-order valence-corrected chi connectivity index (χ0v) is 15.0. The molecule has 1 amide bonds. The first-order valence-electron chi connectivity index (χ1n) is 8.87. The van der Waals surface area contributed by atoms with Crippen LogP contribution < -0.4 is 14.8 Å². The molecule has 0 aliphatic carbocycles. The van der Waals surface area contributed by atoms with Crippen molar-refractivity contribution in [2.75, 3.05) is 13.2 Å². The van der Waals surface area contributed by atoms with Crippen LogP contribution in [0.5, 0.6) is 11.5 Å². The fourth-order valence-corrected chi connectivity index (χ4v) is 3.43. The maximum atomic E-state index is 12.6. The second-order valence-corrected chi connectivity index (χ2v) is 6.64. The lowest BCUT2D eigenvalue weighted by atomic mass is 10.1. The number of para-hydroxylation sites is 1. The number of nitrogens with one attached hydrogen (secondary N) is 2. The number of aromatic amines is 1. The number of hydrogen-bond acceptors (Lipinski definition) is 3. The van der Waals surface area contributed by atoms with Crippen molar-refractivity contribution in [3.8, 4) is 11.5 Å². The normalized spacial score (nSPS) is 14.2. The Morgan fingerprint density at radius 2 is 1.92 bits per heavy atom. The highest BCUT2D eigenvalue weighted by atomic mass is 16.6. The van der Waals surface area contributed by atoms with Gasteiger partial charge >= 0.3 is 0 Å². The number of aryl methyl sites for hydroxylation is 1. The van der Waals surface area contributed by atoms with E-state index in [1.807, 2.05) is 56.3 Å². The predicted octanol–water partition coefficient (Wildman–Crippen LogP) is 3.67. The second kappa shape index (κ2) is 6.75. The highest BCUT2D eigenvalue weighted by Gasteiger charge is 2.17. The molecule has 0 saturated heterocycles. The van der Waals surface area contributed by atoms with Crippen molar-refractivity contribution in [3.05, 3.63) is 59.3 Å². The van der Waals surface area contributed by atoms with Crippen molar-refractivity contribution >= 4 is 16.8 Å². The van der Waals surface area contributed by atoms with Crippen molar-refractivity contribution < 1.29 is 14.3 Å². The molecule has 4 rings (SSSR count). The van der Waals surface area contributed by atoms with Crippen molar-refractivity contribution in [2.45, 2.75) is 26.3 Å². The van der Waals surface area contributed by atoms with Crippen LogP contribution in [-0.2, 0) is 11.2 Å². The minimum Gasteiger partial charge on any atom is -0.486 e. The first-order chi connectivity index (χ1) is 12.6. The van der Waals surface area contributed by atoms with Crippen LogP contribution >= 0.6 is 0 Å². The number of ether oxygens (including phenoxy) is 2. The van der Waals surface area contributed by atoms with E-state index in [2.05, 4.69) is 10.3 Å². The van der Waals surface area contributed by atoms with Gasteiger partial charge in [0.1, 0.15) is 13.2 Å². The van der Waals surface area contributed by atoms with Gasteiger partial charge in [-0.25, -0.2) is 0 Å². The molecule has 1 aromatic heterocycles. The van der Waals surface area contributed by atoms with Gasteiger partial charge in [-0.1, -0.05) is 24.3 Å². The average Bonchev–Trinajstić information content (AvgIpc) is 2.96. The molecule has 0 spiro atoms. The van der Waals surface area contributed by atoms with Gasteiger partial charge in [-0.2, -0.15) is 0 Å². The summed E-state index contributed by atoms with van der Waals surface area (Å²) in [5.41, 5.74) is 4.15. The van der Waals surface area contributed by atoms with Gasteiger partial charge in [-0.15, -0.1) is 0 Å². The Morgan fingerprint density at radius 3 is 2.77 bits per heavy atom. The highest BCUT2D eigenvalue weighted by molar-refractivity contribution is 5.90. The number of benzene rings is 2. The summed E-state index contributed by atoms with van der Waals surface area (Å²) < 4.78 is 11.2. The molecule has 134 valence electrons. The van der Waals surface area contributed by atoms with E-state index in [4.69, 9.17) is 9.47 Å². The molecule has 0 saturated carbocycles. The van der Waals surface area contributed by atoms with Crippen molar-refractivity contribution in [3.63, 3.8) is 0 Å². The summed E-state index contributed by atoms with van der Waals surface area (Å²) in [7, 11) is 0. The van der Waals surface area contributed by atoms with Crippen molar-refractivity contribution in [1.29, 1.82) is 0 Å². The van der Waals surface area contributed by atoms with E-state index < -0.39 is 0 Å². The van der Waals surface area contributed by atoms with Crippen LogP contribution in [-0.4, -0.2) is 24.1 Å². The van der Waals surface area contributed by atoms with Gasteiger partial charge in [0.25, 0.3) is 0 Å². The van der Waals surface area contributed by atoms with Crippen LogP contribution in [0.2, 0.25) is 0 Å². The molecule has 5 heteroatoms. The summed E-state index contributed by atoms with van der Waals surface area (Å²) in [6.07, 6.45) is 0.352. The molecular formula is C21H22N2O3. The molecule has 5 nitrogen and oxygen atoms in total. The Hall–Kier alpha value is -2.95. The maximum absolute atomic E-state index is 12.6. The van der Waals surface area contributed by atoms with Crippen LogP contribution in [0, 0.1) is 6.92 Å². The Bertz CT molecular complexity index is 961. The van der Waals surface area contributed by atoms with Gasteiger partial charge < -0.3 is 19.8 Å². The number of carbonyl (C=O) groups is 1. The van der Waals surface area contributed by atoms with Crippen LogP contribution in [0.3, 0.4) is 0 Å². The summed E-state index contributed by atoms with van der Waals surface area (Å²) in [6.45, 7) is 5.11. The van der Waals surface area contributed by atoms with Crippen LogP contribution in [0.25, 0.3) is 10.9 Å². The molecule has 1 unspecified atom stereocenters. The summed E-state index contributed by atoms with van der Waals surface area (Å²) in [6, 6.07) is 13.8. The SMILES string of the molecule is Cc1[nH]c2ccccc2c1CC(=O)NC(C)c1ccc2c(c1)OCCO2. The van der Waals surface area contributed by atoms with Crippen LogP contribution in [0.15, 0.2) is 42.5 Å². The maximum Gasteiger partial charge on any atom is 0.224 e. The van der Waals surface area contributed by atoms with Gasteiger partial charge in [-0.3, -0.25) is 4.79 Å². The van der Waals surface area contributed by atoms with Crippen LogP contribution in [0.1, 0.15) is 29.8 Å². The summed E-state index contributed by atoms with van der Waals surface area (Å²) in [4.78, 5) is 15.9. The monoisotopic (exact) mass is 350 g/mol. The van der Waals surface area contributed by atoms with Crippen molar-refractivity contribution in [2.24, 2.45) is 0 Å². The molecule has 0 bridgehead atoms. The Balaban J connectivity index is 1.48. The fraction of sp³-hybridized carbons (Fsp3) is 0.286. The third-order valence-corrected chi connectivity index (χ3v) is 4.81. The lowest BCUT2D eigenvalue weighted by Gasteiger charge is -2.21. The Kier molecular flexibility index (Phi) is 4.29. The third kappa shape index (κ3) is 3.12. The summed E-state index contributed by atoms with van der Waals surface area (Å²) in [5, 5.41) is 4.19. The third-order valence-electron chi connectivity index (χ3n) is 4.81. The van der Waals surface area contributed by atoms with E-state index >= 15 is 0 Å². The van der Waals surface area contributed by atoms with Crippen LogP contribution in [0.4, 0.5) is 0 Å². The lowest BCUT2D eigenvalue weighted by molar-refractivity contribution is -0.121. The quantitative estimate of drug-likeness (QED) is 0.755. The molecule has 3 aromatic rings. The standard InChI is InChI=1S/C21H22N2O3/c1-13(15-7-8-19-20(11-15)26-10-9-25-19)23-21(24)12-17-14(2)22-18-6-4-3-5-16(17)18/h3-8,11,13,22H,9-10,12H2,1-2H3,(H,23,24). The zero-order chi connectivity index (χ0) is 18.1. The summed E-state index contributed by atoms with van der Waals surface area (Å²) in [5.74, 6) is 1.50. The van der Waals surface area contributed by atoms with E-state index in [-0.39, 0.29) is 11.9 Å². The topological polar surface area (TPSA) is 63.4 Å². The minimum absolute atomic E-state index is 0.000224. The summed E-state index contributed by atoms with van der Waals surface area (Å²) >= 11 is 0. The highest BCUT2D eigenvalue weighted by Crippen LogP contribution is 2.32. The molecule has 1 aliphatic rings. The molecule has 0 fully saturated rings. The van der Waals surface area contributed by atoms with E-state index in [1.54, 1.807) is 0 Å². The molecule has 2 aromatic carbocycles. The number of aromatic nitrogens is 1. The Labute approximate surface area is 152 Å². The van der Waals surface area contributed by atoms with E-state index in [9.17, 15) is 4.79 Å². The smallest absolute Gasteiger partial charge is 0.224 e. The fourth-order valence-electron chi connectivity index (χ4n) is 3.43. The van der Waals surface area contributed by atoms with E-state index in [1.165, 1.54) is 0 Å². The minimum atomic E-state index is -0.108. The Morgan fingerprint density at radius 1 is 1.15 bits per heavy atom. The van der Waals surface area contributed by atoms with Gasteiger partial charge in [-0.05, 0) is 43.2 Å². The van der Waals surface area contributed by atoms with Gasteiger partial charge in [0.2, 0.25) is 5.91 Å². The first-order valence-corrected chi connectivity index (χ1v) is 8.87. The number of carbonyl (C=O) groups excluding carboxylic acids is 1. The van der Waals surface area contributed by atoms with Gasteiger partial charge in [0.15, 0.2) is 11.5 Å². The molecule has 1 aliphatic heterocycles. The number of fused-ring (bicyclic) bond motifs is 2. The molecular weight excluding hydrogens is 328 g/mol. The van der Waals surface area contributed by atoms with Crippen molar-refractivity contribution in [1.82, 2.24) is 10.3 Å². The number of amides is 1. The molecule has 2 heterocycles. The predicted molar refractivity (Wildman–Crippen MR) is 101 cm³/mol. The number of H-pyrrole nitrogens is 1. The van der Waals surface area contributed by atoms with E-state index in [0.717, 1.165) is 39.2 Å². The first kappa shape index (κ1) is 16.5. The van der Waals surface area contributed by atoms with Gasteiger partial charge in [0, 0.05) is 16.6 Å². The van der Waals surface area contributed by atoms with Gasteiger partial charge in [0.05, 0.1) is 12.5 Å². The number of hydrogen-bond donors (Lipinski definition) is 2. The molecule has 2 N–H and O–H groups in total. The lowest BCUT2D eigenvalue weighted by Crippen LogP contribution is -2.28. The second-order valence-electron chi connectivity index (χ2n) is 6.64. The molecule has 0 radical (unpaired) electrons. The zero-order valence-electron chi connectivity index (χ0n) is 15.0.